The lowest BCUT2D eigenvalue weighted by Gasteiger charge is -2.32. The third-order valence-electron chi connectivity index (χ3n) is 12.9. The molecule has 0 atom stereocenters. The molecular weight excluding hydrogens is 751 g/mol. The third-order valence-corrected chi connectivity index (χ3v) is 12.9. The molecule has 0 amide bonds. The zero-order valence-electron chi connectivity index (χ0n) is 33.7. The van der Waals surface area contributed by atoms with Gasteiger partial charge in [0, 0.05) is 11.3 Å². The van der Waals surface area contributed by atoms with E-state index in [0.717, 1.165) is 50.7 Å². The van der Waals surface area contributed by atoms with Crippen LogP contribution in [0, 0.1) is 0 Å². The van der Waals surface area contributed by atoms with Crippen LogP contribution in [0.2, 0.25) is 0 Å². The van der Waals surface area contributed by atoms with Crippen molar-refractivity contribution in [1.82, 2.24) is 9.55 Å². The van der Waals surface area contributed by atoms with E-state index < -0.39 is 0 Å². The van der Waals surface area contributed by atoms with Gasteiger partial charge in [-0.2, -0.15) is 0 Å². The van der Waals surface area contributed by atoms with Crippen LogP contribution in [0.3, 0.4) is 0 Å². The first-order valence-electron chi connectivity index (χ1n) is 21.3. The zero-order chi connectivity index (χ0) is 40.7. The zero-order valence-corrected chi connectivity index (χ0v) is 33.7. The van der Waals surface area contributed by atoms with Gasteiger partial charge in [-0.3, -0.25) is 4.57 Å². The minimum atomic E-state index is 0.933. The Labute approximate surface area is 359 Å². The van der Waals surface area contributed by atoms with Gasteiger partial charge in [0.15, 0.2) is 0 Å². The molecule has 0 N–H and O–H groups in total. The predicted octanol–water partition coefficient (Wildman–Crippen LogP) is 16.1. The van der Waals surface area contributed by atoms with Crippen LogP contribution >= 0.6 is 0 Å². The fourth-order valence-corrected chi connectivity index (χ4v) is 10.0. The van der Waals surface area contributed by atoms with Crippen molar-refractivity contribution < 1.29 is 0 Å². The lowest BCUT2D eigenvalue weighted by Crippen LogP contribution is -2.18. The van der Waals surface area contributed by atoms with E-state index in [2.05, 4.69) is 234 Å². The van der Waals surface area contributed by atoms with Gasteiger partial charge in [-0.15, -0.1) is 0 Å². The van der Waals surface area contributed by atoms with Gasteiger partial charge in [0.1, 0.15) is 5.82 Å². The molecule has 13 rings (SSSR count). The molecule has 1 aliphatic heterocycles. The molecule has 62 heavy (non-hydrogen) atoms. The molecule has 3 heteroatoms. The number of fused-ring (bicyclic) bond motifs is 6. The highest BCUT2D eigenvalue weighted by molar-refractivity contribution is 6.22. The smallest absolute Gasteiger partial charge is 0.145 e. The van der Waals surface area contributed by atoms with Crippen LogP contribution in [-0.2, 0) is 0 Å². The molecular formula is C59H37N3. The average Bonchev–Trinajstić information content (AvgIpc) is 3.74. The normalized spacial score (nSPS) is 12.2. The first kappa shape index (κ1) is 34.6. The minimum absolute atomic E-state index is 0.933. The number of benzene rings is 11. The molecule has 288 valence electrons. The molecule has 0 aliphatic carbocycles. The van der Waals surface area contributed by atoms with Gasteiger partial charge < -0.3 is 4.90 Å². The Morgan fingerprint density at radius 3 is 1.52 bits per heavy atom. The molecule has 0 spiro atoms. The lowest BCUT2D eigenvalue weighted by atomic mass is 9.84. The summed E-state index contributed by atoms with van der Waals surface area (Å²) in [5, 5.41) is 9.94. The number of hydrogen-bond donors (Lipinski definition) is 0. The molecule has 0 unspecified atom stereocenters. The lowest BCUT2D eigenvalue weighted by molar-refractivity contribution is 1.06. The summed E-state index contributed by atoms with van der Waals surface area (Å²) in [6.07, 6.45) is 0. The number of rotatable bonds is 5. The summed E-state index contributed by atoms with van der Waals surface area (Å²) in [5.74, 6) is 0.933. The van der Waals surface area contributed by atoms with Crippen LogP contribution in [0.25, 0.3) is 105 Å². The van der Waals surface area contributed by atoms with Crippen LogP contribution < -0.4 is 4.90 Å². The summed E-state index contributed by atoms with van der Waals surface area (Å²) in [4.78, 5) is 7.67. The maximum Gasteiger partial charge on any atom is 0.145 e. The van der Waals surface area contributed by atoms with E-state index in [0.29, 0.717) is 0 Å². The topological polar surface area (TPSA) is 21.1 Å². The highest BCUT2D eigenvalue weighted by Gasteiger charge is 2.29. The summed E-state index contributed by atoms with van der Waals surface area (Å²) < 4.78 is 2.35. The Hall–Kier alpha value is -8.27. The van der Waals surface area contributed by atoms with Gasteiger partial charge in [0.2, 0.25) is 0 Å². The van der Waals surface area contributed by atoms with E-state index >= 15 is 0 Å². The van der Waals surface area contributed by atoms with E-state index in [4.69, 9.17) is 4.98 Å². The molecule has 0 saturated heterocycles. The first-order valence-corrected chi connectivity index (χ1v) is 21.3. The quantitative estimate of drug-likeness (QED) is 0.162. The van der Waals surface area contributed by atoms with Crippen molar-refractivity contribution in [3.8, 4) is 50.5 Å². The van der Waals surface area contributed by atoms with Crippen molar-refractivity contribution in [2.75, 3.05) is 4.90 Å². The Balaban J connectivity index is 0.995. The number of anilines is 3. The summed E-state index contributed by atoms with van der Waals surface area (Å²) in [6, 6.07) is 81.8. The molecule has 1 aliphatic rings. The fraction of sp³-hybridized carbons (Fsp3) is 0. The number of nitrogens with zero attached hydrogens (tertiary/aromatic N) is 3. The van der Waals surface area contributed by atoms with Gasteiger partial charge in [-0.1, -0.05) is 170 Å². The average molecular weight is 788 g/mol. The van der Waals surface area contributed by atoms with E-state index in [1.165, 1.54) is 70.9 Å². The second kappa shape index (κ2) is 13.6. The second-order valence-corrected chi connectivity index (χ2v) is 16.3. The monoisotopic (exact) mass is 787 g/mol. The summed E-state index contributed by atoms with van der Waals surface area (Å²) in [7, 11) is 0. The largest absolute Gasteiger partial charge is 0.306 e. The van der Waals surface area contributed by atoms with Gasteiger partial charge in [-0.25, -0.2) is 4.98 Å². The van der Waals surface area contributed by atoms with Crippen LogP contribution in [0.15, 0.2) is 224 Å². The Morgan fingerprint density at radius 1 is 0.306 bits per heavy atom. The van der Waals surface area contributed by atoms with Crippen molar-refractivity contribution in [3.63, 3.8) is 0 Å². The number of aromatic nitrogens is 2. The van der Waals surface area contributed by atoms with Crippen molar-refractivity contribution in [3.05, 3.63) is 224 Å². The van der Waals surface area contributed by atoms with E-state index in [9.17, 15) is 0 Å². The number of para-hydroxylation sites is 4. The van der Waals surface area contributed by atoms with Gasteiger partial charge in [0.05, 0.1) is 28.1 Å². The molecule has 0 bridgehead atoms. The van der Waals surface area contributed by atoms with Crippen molar-refractivity contribution in [2.24, 2.45) is 0 Å². The third kappa shape index (κ3) is 5.28. The summed E-state index contributed by atoms with van der Waals surface area (Å²) in [6.45, 7) is 0. The molecule has 12 aromatic rings. The van der Waals surface area contributed by atoms with Gasteiger partial charge in [-0.05, 0) is 131 Å². The maximum atomic E-state index is 5.31. The van der Waals surface area contributed by atoms with Crippen LogP contribution in [0.4, 0.5) is 17.1 Å². The molecule has 0 fully saturated rings. The minimum Gasteiger partial charge on any atom is -0.306 e. The van der Waals surface area contributed by atoms with Crippen LogP contribution in [0.1, 0.15) is 0 Å². The predicted molar refractivity (Wildman–Crippen MR) is 261 cm³/mol. The first-order chi connectivity index (χ1) is 30.7. The molecule has 0 saturated carbocycles. The molecule has 1 aromatic heterocycles. The highest BCUT2D eigenvalue weighted by Crippen LogP contribution is 2.49. The number of imidazole rings is 1. The molecule has 11 aromatic carbocycles. The maximum absolute atomic E-state index is 5.31. The van der Waals surface area contributed by atoms with Crippen molar-refractivity contribution in [1.29, 1.82) is 0 Å². The van der Waals surface area contributed by atoms with E-state index in [-0.39, 0.29) is 0 Å². The van der Waals surface area contributed by atoms with Gasteiger partial charge >= 0.3 is 0 Å². The summed E-state index contributed by atoms with van der Waals surface area (Å²) >= 11 is 0. The summed E-state index contributed by atoms with van der Waals surface area (Å²) in [5.41, 5.74) is 14.9. The van der Waals surface area contributed by atoms with Crippen LogP contribution in [0.5, 0.6) is 0 Å². The second-order valence-electron chi connectivity index (χ2n) is 16.3. The highest BCUT2D eigenvalue weighted by atomic mass is 15.2. The van der Waals surface area contributed by atoms with Crippen molar-refractivity contribution in [2.45, 2.75) is 0 Å². The molecule has 2 heterocycles. The van der Waals surface area contributed by atoms with Gasteiger partial charge in [0.25, 0.3) is 0 Å². The Bertz CT molecular complexity index is 3750. The van der Waals surface area contributed by atoms with Crippen LogP contribution in [-0.4, -0.2) is 9.55 Å². The van der Waals surface area contributed by atoms with Crippen molar-refractivity contribution >= 4 is 71.2 Å². The van der Waals surface area contributed by atoms with E-state index in [1.54, 1.807) is 0 Å². The Kier molecular flexibility index (Phi) is 7.60. The standard InChI is InChI=1S/C59H37N3/c1-2-17-47(18-3-1)61-53-22-10-11-23-54(53)62-58-52(21-12-24-55(58)61)60-59(62)41-29-25-40(26-30-41)44-33-34-50-51(37-44)57(46-32-28-39-14-5-7-16-43(39)36-46)49-20-9-8-19-48(49)56(50)45-31-27-38-13-4-6-15-42(38)35-45/h1-37H. The fourth-order valence-electron chi connectivity index (χ4n) is 10.0. The number of hydrogen-bond acceptors (Lipinski definition) is 2. The van der Waals surface area contributed by atoms with E-state index in [1.807, 2.05) is 0 Å². The molecule has 0 radical (unpaired) electrons. The SMILES string of the molecule is c1ccc(N2c3ccccc3-n3c(-c4ccc(-c5ccc6c(-c7ccc8ccccc8c7)c7ccccc7c(-c7ccc8ccccc8c7)c6c5)cc4)nc4cccc2c43)cc1. The molecule has 3 nitrogen and oxygen atoms in total. The Morgan fingerprint density at radius 2 is 0.823 bits per heavy atom.